The van der Waals surface area contributed by atoms with Crippen LogP contribution in [0.4, 0.5) is 0 Å². The fourth-order valence-corrected chi connectivity index (χ4v) is 2.93. The summed E-state index contributed by atoms with van der Waals surface area (Å²) in [5, 5.41) is 0. The minimum Gasteiger partial charge on any atom is -0.378 e. The van der Waals surface area contributed by atoms with Gasteiger partial charge in [0.25, 0.3) is 5.91 Å². The molecule has 2 aromatic heterocycles. The van der Waals surface area contributed by atoms with Gasteiger partial charge in [-0.2, -0.15) is 0 Å². The first-order valence-corrected chi connectivity index (χ1v) is 7.96. The lowest BCUT2D eigenvalue weighted by Gasteiger charge is -2.17. The number of pyridine rings is 1. The molecule has 0 saturated carbocycles. The Bertz CT molecular complexity index is 659. The zero-order valence-electron chi connectivity index (χ0n) is 13.3. The van der Waals surface area contributed by atoms with E-state index in [0.717, 1.165) is 43.6 Å². The summed E-state index contributed by atoms with van der Waals surface area (Å²) < 4.78 is 7.52. The van der Waals surface area contributed by atoms with Crippen molar-refractivity contribution in [1.29, 1.82) is 0 Å². The fourth-order valence-electron chi connectivity index (χ4n) is 2.93. The average Bonchev–Trinajstić information content (AvgIpc) is 3.14. The number of fused-ring (bicyclic) bond motifs is 1. The first-order chi connectivity index (χ1) is 10.6. The standard InChI is InChI=1S/C17H23N3O2/c1-13-7-8-16-18-15(12-20(16)11-13)17(21)19(2)9-3-5-14-6-4-10-22-14/h7-8,11-12,14H,3-6,9-10H2,1-2H3/t14-/m1/s1. The molecule has 1 aliphatic heterocycles. The lowest BCUT2D eigenvalue weighted by molar-refractivity contribution is 0.0758. The number of imidazole rings is 1. The molecule has 1 saturated heterocycles. The van der Waals surface area contributed by atoms with E-state index in [1.165, 1.54) is 6.42 Å². The van der Waals surface area contributed by atoms with Crippen LogP contribution >= 0.6 is 0 Å². The lowest BCUT2D eigenvalue weighted by atomic mass is 10.1. The van der Waals surface area contributed by atoms with E-state index in [0.29, 0.717) is 11.8 Å². The summed E-state index contributed by atoms with van der Waals surface area (Å²) in [6.45, 7) is 3.66. The molecule has 3 heterocycles. The van der Waals surface area contributed by atoms with E-state index in [-0.39, 0.29) is 5.91 Å². The van der Waals surface area contributed by atoms with Gasteiger partial charge < -0.3 is 14.0 Å². The molecule has 5 heteroatoms. The number of rotatable bonds is 5. The normalized spacial score (nSPS) is 18.0. The van der Waals surface area contributed by atoms with Crippen molar-refractivity contribution in [2.45, 2.75) is 38.7 Å². The van der Waals surface area contributed by atoms with Gasteiger partial charge in [0.2, 0.25) is 0 Å². The number of hydrogen-bond acceptors (Lipinski definition) is 3. The van der Waals surface area contributed by atoms with E-state index < -0.39 is 0 Å². The quantitative estimate of drug-likeness (QED) is 0.853. The van der Waals surface area contributed by atoms with Crippen molar-refractivity contribution in [2.75, 3.05) is 20.2 Å². The highest BCUT2D eigenvalue weighted by atomic mass is 16.5. The second-order valence-corrected chi connectivity index (χ2v) is 6.10. The molecule has 0 aliphatic carbocycles. The topological polar surface area (TPSA) is 46.8 Å². The van der Waals surface area contributed by atoms with E-state index in [2.05, 4.69) is 4.98 Å². The predicted octanol–water partition coefficient (Wildman–Crippen LogP) is 2.67. The van der Waals surface area contributed by atoms with Crippen molar-refractivity contribution >= 4 is 11.6 Å². The summed E-state index contributed by atoms with van der Waals surface area (Å²) in [6, 6.07) is 3.94. The summed E-state index contributed by atoms with van der Waals surface area (Å²) in [5.41, 5.74) is 2.46. The van der Waals surface area contributed by atoms with Gasteiger partial charge in [0.1, 0.15) is 11.3 Å². The average molecular weight is 301 g/mol. The summed E-state index contributed by atoms with van der Waals surface area (Å²) in [7, 11) is 1.84. The van der Waals surface area contributed by atoms with Crippen molar-refractivity contribution in [3.63, 3.8) is 0 Å². The van der Waals surface area contributed by atoms with Crippen molar-refractivity contribution in [2.24, 2.45) is 0 Å². The van der Waals surface area contributed by atoms with Gasteiger partial charge in [0.15, 0.2) is 0 Å². The molecule has 22 heavy (non-hydrogen) atoms. The summed E-state index contributed by atoms with van der Waals surface area (Å²) >= 11 is 0. The Labute approximate surface area is 130 Å². The van der Waals surface area contributed by atoms with Crippen molar-refractivity contribution in [1.82, 2.24) is 14.3 Å². The largest absolute Gasteiger partial charge is 0.378 e. The minimum atomic E-state index is -0.0197. The molecule has 1 fully saturated rings. The fraction of sp³-hybridized carbons (Fsp3) is 0.529. The molecule has 5 nitrogen and oxygen atoms in total. The molecule has 1 atom stereocenters. The maximum atomic E-state index is 12.4. The molecule has 0 spiro atoms. The number of hydrogen-bond donors (Lipinski definition) is 0. The molecular weight excluding hydrogens is 278 g/mol. The maximum absolute atomic E-state index is 12.4. The minimum absolute atomic E-state index is 0.0197. The van der Waals surface area contributed by atoms with Crippen LogP contribution in [0.1, 0.15) is 41.7 Å². The molecule has 0 bridgehead atoms. The Morgan fingerprint density at radius 1 is 1.45 bits per heavy atom. The third-order valence-corrected chi connectivity index (χ3v) is 4.21. The molecule has 1 amide bonds. The molecule has 3 rings (SSSR count). The number of aryl methyl sites for hydroxylation is 1. The van der Waals surface area contributed by atoms with E-state index in [9.17, 15) is 4.79 Å². The van der Waals surface area contributed by atoms with Gasteiger partial charge >= 0.3 is 0 Å². The maximum Gasteiger partial charge on any atom is 0.273 e. The zero-order chi connectivity index (χ0) is 15.5. The van der Waals surface area contributed by atoms with Gasteiger partial charge in [-0.1, -0.05) is 6.07 Å². The van der Waals surface area contributed by atoms with E-state index >= 15 is 0 Å². The van der Waals surface area contributed by atoms with Crippen molar-refractivity contribution in [3.8, 4) is 0 Å². The lowest BCUT2D eigenvalue weighted by Crippen LogP contribution is -2.28. The van der Waals surface area contributed by atoms with Crippen molar-refractivity contribution < 1.29 is 9.53 Å². The van der Waals surface area contributed by atoms with Crippen LogP contribution < -0.4 is 0 Å². The molecule has 0 unspecified atom stereocenters. The van der Waals surface area contributed by atoms with Gasteiger partial charge in [-0.15, -0.1) is 0 Å². The number of nitrogens with zero attached hydrogens (tertiary/aromatic N) is 3. The molecule has 2 aromatic rings. The second kappa shape index (κ2) is 6.48. The van der Waals surface area contributed by atoms with Crippen LogP contribution in [0.25, 0.3) is 5.65 Å². The van der Waals surface area contributed by atoms with Gasteiger partial charge in [-0.3, -0.25) is 4.79 Å². The summed E-state index contributed by atoms with van der Waals surface area (Å²) in [5.74, 6) is -0.0197. The molecule has 1 aliphatic rings. The zero-order valence-corrected chi connectivity index (χ0v) is 13.3. The Morgan fingerprint density at radius 3 is 3.09 bits per heavy atom. The van der Waals surface area contributed by atoms with E-state index in [4.69, 9.17) is 4.74 Å². The number of amides is 1. The predicted molar refractivity (Wildman–Crippen MR) is 85.1 cm³/mol. The summed E-state index contributed by atoms with van der Waals surface area (Å²) in [6.07, 6.45) is 8.50. The molecule has 118 valence electrons. The molecule has 0 aromatic carbocycles. The van der Waals surface area contributed by atoms with Gasteiger partial charge in [0, 0.05) is 32.6 Å². The Kier molecular flexibility index (Phi) is 4.43. The smallest absolute Gasteiger partial charge is 0.273 e. The summed E-state index contributed by atoms with van der Waals surface area (Å²) in [4.78, 5) is 18.6. The van der Waals surface area contributed by atoms with Crippen LogP contribution in [-0.2, 0) is 4.74 Å². The van der Waals surface area contributed by atoms with E-state index in [1.54, 1.807) is 11.1 Å². The highest BCUT2D eigenvalue weighted by molar-refractivity contribution is 5.92. The molecular formula is C17H23N3O2. The third kappa shape index (κ3) is 3.30. The second-order valence-electron chi connectivity index (χ2n) is 6.10. The third-order valence-electron chi connectivity index (χ3n) is 4.21. The van der Waals surface area contributed by atoms with Crippen LogP contribution in [0.5, 0.6) is 0 Å². The van der Waals surface area contributed by atoms with Crippen molar-refractivity contribution in [3.05, 3.63) is 35.8 Å². The molecule has 0 radical (unpaired) electrons. The van der Waals surface area contributed by atoms with Crippen LogP contribution in [-0.4, -0.2) is 46.5 Å². The SMILES string of the molecule is Cc1ccc2nc(C(=O)N(C)CCC[C@@H]3CCCO3)cn2c1. The monoisotopic (exact) mass is 301 g/mol. The van der Waals surface area contributed by atoms with Crippen LogP contribution in [0.15, 0.2) is 24.5 Å². The van der Waals surface area contributed by atoms with Crippen LogP contribution in [0.2, 0.25) is 0 Å². The highest BCUT2D eigenvalue weighted by Crippen LogP contribution is 2.17. The van der Waals surface area contributed by atoms with Crippen LogP contribution in [0, 0.1) is 6.92 Å². The Balaban J connectivity index is 1.58. The van der Waals surface area contributed by atoms with Crippen LogP contribution in [0.3, 0.4) is 0 Å². The Morgan fingerprint density at radius 2 is 2.32 bits per heavy atom. The number of aromatic nitrogens is 2. The van der Waals surface area contributed by atoms with Gasteiger partial charge in [-0.05, 0) is 44.2 Å². The number of carbonyl (C=O) groups excluding carboxylic acids is 1. The Hall–Kier alpha value is -1.88. The first-order valence-electron chi connectivity index (χ1n) is 7.96. The van der Waals surface area contributed by atoms with Gasteiger partial charge in [-0.25, -0.2) is 4.98 Å². The first kappa shape index (κ1) is 15.0. The number of carbonyl (C=O) groups is 1. The number of ether oxygens (including phenoxy) is 1. The highest BCUT2D eigenvalue weighted by Gasteiger charge is 2.18. The van der Waals surface area contributed by atoms with Gasteiger partial charge in [0.05, 0.1) is 6.10 Å². The molecule has 0 N–H and O–H groups in total. The van der Waals surface area contributed by atoms with E-state index in [1.807, 2.05) is 36.7 Å².